The molecule has 2 aromatic heterocycles. The Labute approximate surface area is 242 Å². The number of rotatable bonds is 6. The third-order valence-electron chi connectivity index (χ3n) is 7.61. The number of ether oxygens (including phenoxy) is 1. The number of carbonyl (C=O) groups is 3. The van der Waals surface area contributed by atoms with E-state index in [1.165, 1.54) is 17.8 Å². The summed E-state index contributed by atoms with van der Waals surface area (Å²) in [5.41, 5.74) is 3.86. The number of urea groups is 1. The highest BCUT2D eigenvalue weighted by molar-refractivity contribution is 8.01. The molecule has 1 fully saturated rings. The number of nitrogens with one attached hydrogen (secondary N) is 2. The molecule has 0 bridgehead atoms. The minimum Gasteiger partial charge on any atom is -0.455 e. The molecule has 0 radical (unpaired) electrons. The summed E-state index contributed by atoms with van der Waals surface area (Å²) in [5.74, 6) is 0.988. The van der Waals surface area contributed by atoms with Crippen LogP contribution in [0.5, 0.6) is 11.5 Å². The Morgan fingerprint density at radius 3 is 2.80 bits per heavy atom. The zero-order valence-corrected chi connectivity index (χ0v) is 23.6. The van der Waals surface area contributed by atoms with Crippen LogP contribution in [-0.2, 0) is 9.59 Å². The highest BCUT2D eigenvalue weighted by Crippen LogP contribution is 2.51. The van der Waals surface area contributed by atoms with Crippen LogP contribution in [0.3, 0.4) is 0 Å². The van der Waals surface area contributed by atoms with E-state index in [0.717, 1.165) is 34.7 Å². The van der Waals surface area contributed by atoms with Gasteiger partial charge < -0.3 is 20.3 Å². The van der Waals surface area contributed by atoms with Crippen LogP contribution < -0.4 is 20.3 Å². The van der Waals surface area contributed by atoms with E-state index in [9.17, 15) is 14.4 Å². The molecule has 2 unspecified atom stereocenters. The Bertz CT molecular complexity index is 1560. The molecule has 3 aliphatic rings. The third-order valence-corrected chi connectivity index (χ3v) is 8.90. The van der Waals surface area contributed by atoms with Gasteiger partial charge in [-0.15, -0.1) is 0 Å². The number of nitrogens with zero attached hydrogens (tertiary/aromatic N) is 4. The zero-order valence-electron chi connectivity index (χ0n) is 22.8. The van der Waals surface area contributed by atoms with Gasteiger partial charge in [-0.1, -0.05) is 18.3 Å². The van der Waals surface area contributed by atoms with Crippen molar-refractivity contribution in [3.05, 3.63) is 78.3 Å². The van der Waals surface area contributed by atoms with Gasteiger partial charge in [0.25, 0.3) is 0 Å². The van der Waals surface area contributed by atoms with E-state index < -0.39 is 11.3 Å². The first-order valence-corrected chi connectivity index (χ1v) is 14.4. The number of carbonyl (C=O) groups excluding carboxylic acids is 3. The number of amides is 4. The van der Waals surface area contributed by atoms with Gasteiger partial charge in [0.05, 0.1) is 23.1 Å². The molecule has 41 heavy (non-hydrogen) atoms. The van der Waals surface area contributed by atoms with Crippen molar-refractivity contribution < 1.29 is 19.1 Å². The summed E-state index contributed by atoms with van der Waals surface area (Å²) in [6.45, 7) is 8.47. The molecule has 3 aromatic rings. The number of aryl methyl sites for hydroxylation is 2. The van der Waals surface area contributed by atoms with Crippen LogP contribution in [0.2, 0.25) is 0 Å². The number of anilines is 2. The van der Waals surface area contributed by atoms with Crippen LogP contribution in [-0.4, -0.2) is 57.1 Å². The topological polar surface area (TPSA) is 117 Å². The average Bonchev–Trinajstić information content (AvgIpc) is 3.34. The van der Waals surface area contributed by atoms with Gasteiger partial charge >= 0.3 is 6.03 Å². The monoisotopic (exact) mass is 570 g/mol. The van der Waals surface area contributed by atoms with Crippen molar-refractivity contribution in [3.8, 4) is 11.5 Å². The van der Waals surface area contributed by atoms with E-state index in [1.807, 2.05) is 50.2 Å². The van der Waals surface area contributed by atoms with Crippen LogP contribution in [0, 0.1) is 13.8 Å². The van der Waals surface area contributed by atoms with Gasteiger partial charge in [-0.3, -0.25) is 19.5 Å². The summed E-state index contributed by atoms with van der Waals surface area (Å²) in [7, 11) is 0. The summed E-state index contributed by atoms with van der Waals surface area (Å²) in [6.07, 6.45) is 6.27. The summed E-state index contributed by atoms with van der Waals surface area (Å²) in [4.78, 5) is 51.3. The Kier molecular flexibility index (Phi) is 7.12. The van der Waals surface area contributed by atoms with Crippen molar-refractivity contribution in [2.45, 2.75) is 49.0 Å². The van der Waals surface area contributed by atoms with Crippen LogP contribution in [0.1, 0.15) is 35.7 Å². The molecule has 210 valence electrons. The lowest BCUT2D eigenvalue weighted by Gasteiger charge is -2.36. The number of thioether (sulfide) groups is 1. The fourth-order valence-corrected chi connectivity index (χ4v) is 6.85. The quantitative estimate of drug-likeness (QED) is 0.418. The van der Waals surface area contributed by atoms with Gasteiger partial charge in [0.1, 0.15) is 21.8 Å². The van der Waals surface area contributed by atoms with Gasteiger partial charge in [0.2, 0.25) is 11.8 Å². The first kappa shape index (κ1) is 26.8. The maximum Gasteiger partial charge on any atom is 0.327 e. The van der Waals surface area contributed by atoms with Crippen LogP contribution in [0.4, 0.5) is 16.2 Å². The number of hydrogen-bond donors (Lipinski definition) is 2. The van der Waals surface area contributed by atoms with Crippen LogP contribution in [0.15, 0.2) is 66.5 Å². The molecule has 3 aliphatic heterocycles. The predicted molar refractivity (Wildman–Crippen MR) is 155 cm³/mol. The SMILES string of the molecule is C=CC(=O)N1CCCC(NC(=O)[C@@H]2Sc3nccc4c3C2NC(=O)N4c2ccc(Oc3cccnc3C)cc2C)C1. The summed E-state index contributed by atoms with van der Waals surface area (Å²) < 4.78 is 6.04. The normalized spacial score (nSPS) is 21.1. The van der Waals surface area contributed by atoms with Gasteiger partial charge in [-0.25, -0.2) is 9.78 Å². The van der Waals surface area contributed by atoms with Crippen molar-refractivity contribution in [3.63, 3.8) is 0 Å². The van der Waals surface area contributed by atoms with E-state index in [0.29, 0.717) is 36.0 Å². The molecule has 0 aliphatic carbocycles. The van der Waals surface area contributed by atoms with E-state index in [1.54, 1.807) is 22.2 Å². The van der Waals surface area contributed by atoms with E-state index in [4.69, 9.17) is 4.74 Å². The first-order valence-electron chi connectivity index (χ1n) is 13.5. The number of aromatic nitrogens is 2. The highest BCUT2D eigenvalue weighted by atomic mass is 32.2. The van der Waals surface area contributed by atoms with Crippen LogP contribution in [0.25, 0.3) is 0 Å². The number of likely N-dealkylation sites (tertiary alicyclic amines) is 1. The summed E-state index contributed by atoms with van der Waals surface area (Å²) >= 11 is 1.35. The second-order valence-corrected chi connectivity index (χ2v) is 11.5. The molecule has 3 atom stereocenters. The van der Waals surface area contributed by atoms with E-state index in [2.05, 4.69) is 27.2 Å². The van der Waals surface area contributed by atoms with Crippen molar-refractivity contribution in [2.75, 3.05) is 18.0 Å². The third kappa shape index (κ3) is 5.01. The fourth-order valence-electron chi connectivity index (χ4n) is 5.62. The number of pyridine rings is 2. The van der Waals surface area contributed by atoms with E-state index >= 15 is 0 Å². The molecular formula is C30H30N6O4S. The first-order chi connectivity index (χ1) is 19.8. The molecule has 2 N–H and O–H groups in total. The molecule has 10 nitrogen and oxygen atoms in total. The highest BCUT2D eigenvalue weighted by Gasteiger charge is 2.47. The lowest BCUT2D eigenvalue weighted by Crippen LogP contribution is -2.53. The van der Waals surface area contributed by atoms with Crippen molar-refractivity contribution in [1.29, 1.82) is 0 Å². The molecule has 6 rings (SSSR count). The van der Waals surface area contributed by atoms with Gasteiger partial charge in [0.15, 0.2) is 0 Å². The molecule has 11 heteroatoms. The van der Waals surface area contributed by atoms with Gasteiger partial charge in [-0.05, 0) is 74.7 Å². The molecular weight excluding hydrogens is 540 g/mol. The maximum absolute atomic E-state index is 13.6. The number of piperidine rings is 1. The summed E-state index contributed by atoms with van der Waals surface area (Å²) in [5, 5.41) is 6.32. The van der Waals surface area contributed by atoms with E-state index in [-0.39, 0.29) is 23.9 Å². The van der Waals surface area contributed by atoms with Crippen molar-refractivity contribution >= 4 is 41.0 Å². The molecule has 5 heterocycles. The Balaban J connectivity index is 1.23. The second kappa shape index (κ2) is 10.9. The predicted octanol–water partition coefficient (Wildman–Crippen LogP) is 4.56. The molecule has 0 saturated carbocycles. The van der Waals surface area contributed by atoms with Crippen LogP contribution >= 0.6 is 11.8 Å². The fraction of sp³-hybridized carbons (Fsp3) is 0.300. The standard InChI is InChI=1S/C30H30N6O4S/c1-4-24(37)35-14-6-7-19(16-35)33-28(38)27-26-25-22(11-13-32-29(25)41-27)36(30(39)34-26)21-10-9-20(15-17(21)2)40-23-8-5-12-31-18(23)3/h4-5,8-13,15,19,26-27H,1,6-7,14,16H2,2-3H3,(H,33,38)(H,34,39)/t19?,26?,27-/m1/s1. The van der Waals surface area contributed by atoms with Crippen molar-refractivity contribution in [1.82, 2.24) is 25.5 Å². The average molecular weight is 571 g/mol. The molecule has 0 spiro atoms. The molecule has 1 saturated heterocycles. The largest absolute Gasteiger partial charge is 0.455 e. The summed E-state index contributed by atoms with van der Waals surface area (Å²) in [6, 6.07) is 10.1. The number of benzene rings is 1. The Morgan fingerprint density at radius 2 is 2.02 bits per heavy atom. The number of hydrogen-bond acceptors (Lipinski definition) is 7. The Hall–Kier alpha value is -4.38. The lowest BCUT2D eigenvalue weighted by molar-refractivity contribution is -0.129. The van der Waals surface area contributed by atoms with Gasteiger partial charge in [-0.2, -0.15) is 0 Å². The second-order valence-electron chi connectivity index (χ2n) is 10.3. The lowest BCUT2D eigenvalue weighted by atomic mass is 9.98. The molecule has 1 aromatic carbocycles. The maximum atomic E-state index is 13.6. The minimum atomic E-state index is -0.574. The molecule has 4 amide bonds. The smallest absolute Gasteiger partial charge is 0.327 e. The minimum absolute atomic E-state index is 0.137. The van der Waals surface area contributed by atoms with Gasteiger partial charge in [0, 0.05) is 37.1 Å². The Morgan fingerprint density at radius 1 is 1.17 bits per heavy atom. The zero-order chi connectivity index (χ0) is 28.7. The van der Waals surface area contributed by atoms with Crippen molar-refractivity contribution in [2.24, 2.45) is 0 Å².